The number of ether oxygens (including phenoxy) is 1. The molecule has 1 aromatic carbocycles. The Morgan fingerprint density at radius 1 is 1.15 bits per heavy atom. The molecular formula is C15H23ClF3N3O4S. The molecule has 0 spiro atoms. The zero-order chi connectivity index (χ0) is 20.0. The summed E-state index contributed by atoms with van der Waals surface area (Å²) < 4.78 is 66.3. The molecule has 0 unspecified atom stereocenters. The summed E-state index contributed by atoms with van der Waals surface area (Å²) in [6.07, 6.45) is -3.71. The third-order valence-corrected chi connectivity index (χ3v) is 5.36. The van der Waals surface area contributed by atoms with Crippen molar-refractivity contribution in [1.82, 2.24) is 10.0 Å². The zero-order valence-electron chi connectivity index (χ0n) is 14.8. The topological polar surface area (TPSA) is 111 Å². The van der Waals surface area contributed by atoms with Gasteiger partial charge in [-0.05, 0) is 37.1 Å². The van der Waals surface area contributed by atoms with Gasteiger partial charge in [-0.2, -0.15) is 0 Å². The van der Waals surface area contributed by atoms with Crippen molar-refractivity contribution in [3.8, 4) is 5.75 Å². The number of sulfonamides is 1. The average molecular weight is 434 g/mol. The molecular weight excluding hydrogens is 411 g/mol. The first-order valence-corrected chi connectivity index (χ1v) is 9.32. The van der Waals surface area contributed by atoms with Crippen LogP contribution in [0.1, 0.15) is 26.7 Å². The van der Waals surface area contributed by atoms with Gasteiger partial charge in [-0.15, -0.1) is 25.6 Å². The van der Waals surface area contributed by atoms with Crippen LogP contribution in [0.3, 0.4) is 0 Å². The molecule has 1 aromatic rings. The first-order chi connectivity index (χ1) is 12.0. The minimum Gasteiger partial charge on any atom is -0.406 e. The second-order valence-corrected chi connectivity index (χ2v) is 7.35. The molecule has 0 bridgehead atoms. The summed E-state index contributed by atoms with van der Waals surface area (Å²) in [5.41, 5.74) is 5.05. The van der Waals surface area contributed by atoms with Crippen molar-refractivity contribution in [2.24, 2.45) is 5.73 Å². The lowest BCUT2D eigenvalue weighted by molar-refractivity contribution is -0.274. The molecule has 0 radical (unpaired) electrons. The lowest BCUT2D eigenvalue weighted by Crippen LogP contribution is -2.55. The van der Waals surface area contributed by atoms with Crippen molar-refractivity contribution < 1.29 is 31.1 Å². The summed E-state index contributed by atoms with van der Waals surface area (Å²) in [5.74, 6) is -1.10. The van der Waals surface area contributed by atoms with Crippen LogP contribution in [-0.2, 0) is 14.8 Å². The van der Waals surface area contributed by atoms with Gasteiger partial charge in [0.15, 0.2) is 0 Å². The summed E-state index contributed by atoms with van der Waals surface area (Å²) in [6, 6.07) is 3.64. The van der Waals surface area contributed by atoms with E-state index in [0.717, 1.165) is 24.3 Å². The highest BCUT2D eigenvalue weighted by atomic mass is 35.5. The zero-order valence-corrected chi connectivity index (χ0v) is 16.4. The van der Waals surface area contributed by atoms with E-state index in [9.17, 15) is 26.4 Å². The monoisotopic (exact) mass is 433 g/mol. The molecule has 0 saturated heterocycles. The third kappa shape index (κ3) is 7.91. The SMILES string of the molecule is CCC(CC)(CN)NC(=O)CNS(=O)(=O)c1ccc(OC(F)(F)F)cc1.Cl. The third-order valence-electron chi connectivity index (χ3n) is 3.94. The highest BCUT2D eigenvalue weighted by Gasteiger charge is 2.31. The van der Waals surface area contributed by atoms with Crippen molar-refractivity contribution in [1.29, 1.82) is 0 Å². The molecule has 7 nitrogen and oxygen atoms in total. The molecule has 1 rings (SSSR count). The van der Waals surface area contributed by atoms with Crippen molar-refractivity contribution >= 4 is 28.3 Å². The fourth-order valence-electron chi connectivity index (χ4n) is 2.17. The lowest BCUT2D eigenvalue weighted by Gasteiger charge is -2.31. The van der Waals surface area contributed by atoms with Crippen LogP contribution in [0.5, 0.6) is 5.75 Å². The molecule has 0 aliphatic heterocycles. The summed E-state index contributed by atoms with van der Waals surface area (Å²) in [7, 11) is -4.07. The van der Waals surface area contributed by atoms with Gasteiger partial charge in [0.2, 0.25) is 15.9 Å². The second kappa shape index (κ2) is 10.1. The van der Waals surface area contributed by atoms with Gasteiger partial charge in [0.25, 0.3) is 0 Å². The maximum absolute atomic E-state index is 12.1. The van der Waals surface area contributed by atoms with Gasteiger partial charge in [-0.3, -0.25) is 4.79 Å². The van der Waals surface area contributed by atoms with E-state index in [-0.39, 0.29) is 23.8 Å². The summed E-state index contributed by atoms with van der Waals surface area (Å²) >= 11 is 0. The quantitative estimate of drug-likeness (QED) is 0.551. The highest BCUT2D eigenvalue weighted by Crippen LogP contribution is 2.23. The van der Waals surface area contributed by atoms with Crippen molar-refractivity contribution in [2.75, 3.05) is 13.1 Å². The number of amides is 1. The fourth-order valence-corrected chi connectivity index (χ4v) is 3.15. The van der Waals surface area contributed by atoms with Gasteiger partial charge in [0, 0.05) is 6.54 Å². The number of rotatable bonds is 9. The van der Waals surface area contributed by atoms with Crippen LogP contribution in [0.15, 0.2) is 29.2 Å². The number of nitrogens with two attached hydrogens (primary N) is 1. The molecule has 27 heavy (non-hydrogen) atoms. The minimum atomic E-state index is -4.87. The Morgan fingerprint density at radius 3 is 2.07 bits per heavy atom. The fraction of sp³-hybridized carbons (Fsp3) is 0.533. The molecule has 0 aliphatic rings. The molecule has 12 heteroatoms. The van der Waals surface area contributed by atoms with Crippen molar-refractivity contribution in [3.63, 3.8) is 0 Å². The maximum atomic E-state index is 12.1. The van der Waals surface area contributed by atoms with Gasteiger partial charge in [0.1, 0.15) is 5.75 Å². The predicted molar refractivity (Wildman–Crippen MR) is 96.1 cm³/mol. The van der Waals surface area contributed by atoms with E-state index in [2.05, 4.69) is 14.8 Å². The molecule has 0 atom stereocenters. The average Bonchev–Trinajstić information content (AvgIpc) is 2.57. The second-order valence-electron chi connectivity index (χ2n) is 5.58. The van der Waals surface area contributed by atoms with E-state index >= 15 is 0 Å². The van der Waals surface area contributed by atoms with E-state index in [1.807, 2.05) is 13.8 Å². The molecule has 0 heterocycles. The van der Waals surface area contributed by atoms with Gasteiger partial charge in [-0.25, -0.2) is 13.1 Å². The van der Waals surface area contributed by atoms with Crippen LogP contribution in [-0.4, -0.2) is 39.3 Å². The number of alkyl halides is 3. The molecule has 0 fully saturated rings. The number of halogens is 4. The van der Waals surface area contributed by atoms with Crippen LogP contribution in [0, 0.1) is 0 Å². The Balaban J connectivity index is 0.00000676. The van der Waals surface area contributed by atoms with E-state index in [1.165, 1.54) is 0 Å². The van der Waals surface area contributed by atoms with E-state index in [4.69, 9.17) is 5.73 Å². The molecule has 156 valence electrons. The van der Waals surface area contributed by atoms with Crippen molar-refractivity contribution in [3.05, 3.63) is 24.3 Å². The van der Waals surface area contributed by atoms with E-state index < -0.39 is 40.1 Å². The normalized spacial score (nSPS) is 12.2. The standard InChI is InChI=1S/C15H22F3N3O4S.ClH/c1-3-14(4-2,10-19)21-13(22)9-20-26(23,24)12-7-5-11(6-8-12)25-15(16,17)18;/h5-8,20H,3-4,9-10,19H2,1-2H3,(H,21,22);1H. The van der Waals surface area contributed by atoms with Gasteiger partial charge >= 0.3 is 6.36 Å². The molecule has 0 saturated carbocycles. The van der Waals surface area contributed by atoms with Crippen LogP contribution in [0.25, 0.3) is 0 Å². The molecule has 0 aliphatic carbocycles. The van der Waals surface area contributed by atoms with Crippen LogP contribution >= 0.6 is 12.4 Å². The number of hydrogen-bond acceptors (Lipinski definition) is 5. The Hall–Kier alpha value is -1.56. The van der Waals surface area contributed by atoms with E-state index in [1.54, 1.807) is 0 Å². The number of benzene rings is 1. The Morgan fingerprint density at radius 2 is 1.67 bits per heavy atom. The molecule has 0 aromatic heterocycles. The smallest absolute Gasteiger partial charge is 0.406 e. The lowest BCUT2D eigenvalue weighted by atomic mass is 9.93. The van der Waals surface area contributed by atoms with Crippen LogP contribution < -0.4 is 20.5 Å². The van der Waals surface area contributed by atoms with Gasteiger partial charge in [-0.1, -0.05) is 13.8 Å². The summed E-state index contributed by atoms with van der Waals surface area (Å²) in [4.78, 5) is 11.7. The van der Waals surface area contributed by atoms with Crippen LogP contribution in [0.4, 0.5) is 13.2 Å². The van der Waals surface area contributed by atoms with E-state index in [0.29, 0.717) is 12.8 Å². The Kier molecular flexibility index (Phi) is 9.53. The predicted octanol–water partition coefficient (Wildman–Crippen LogP) is 1.92. The molecule has 1 amide bonds. The van der Waals surface area contributed by atoms with Gasteiger partial charge in [0.05, 0.1) is 17.0 Å². The number of hydrogen-bond donors (Lipinski definition) is 3. The first-order valence-electron chi connectivity index (χ1n) is 7.83. The highest BCUT2D eigenvalue weighted by molar-refractivity contribution is 7.89. The Labute approximate surface area is 162 Å². The minimum absolute atomic E-state index is 0. The number of nitrogens with one attached hydrogen (secondary N) is 2. The van der Waals surface area contributed by atoms with Gasteiger partial charge < -0.3 is 15.8 Å². The summed E-state index contributed by atoms with van der Waals surface area (Å²) in [6.45, 7) is 3.39. The summed E-state index contributed by atoms with van der Waals surface area (Å²) in [5, 5.41) is 2.70. The Bertz CT molecular complexity index is 700. The number of carbonyl (C=O) groups is 1. The largest absolute Gasteiger partial charge is 0.573 e. The number of carbonyl (C=O) groups excluding carboxylic acids is 1. The maximum Gasteiger partial charge on any atom is 0.573 e. The molecule has 4 N–H and O–H groups in total. The van der Waals surface area contributed by atoms with Crippen LogP contribution in [0.2, 0.25) is 0 Å². The first kappa shape index (κ1) is 25.4. The van der Waals surface area contributed by atoms with Crippen molar-refractivity contribution in [2.45, 2.75) is 43.5 Å².